The van der Waals surface area contributed by atoms with E-state index in [2.05, 4.69) is 4.98 Å². The summed E-state index contributed by atoms with van der Waals surface area (Å²) in [5, 5.41) is 2.09. The van der Waals surface area contributed by atoms with Crippen molar-refractivity contribution in [3.05, 3.63) is 66.2 Å². The summed E-state index contributed by atoms with van der Waals surface area (Å²) >= 11 is 0. The Bertz CT molecular complexity index is 1030. The van der Waals surface area contributed by atoms with Gasteiger partial charge in [-0.25, -0.2) is 9.78 Å². The van der Waals surface area contributed by atoms with Gasteiger partial charge in [0.1, 0.15) is 5.52 Å². The van der Waals surface area contributed by atoms with Crippen LogP contribution in [0.2, 0.25) is 0 Å². The molecule has 0 saturated carbocycles. The Morgan fingerprint density at radius 2 is 1.78 bits per heavy atom. The number of carbonyl (C=O) groups is 1. The topological polar surface area (TPSA) is 52.3 Å². The van der Waals surface area contributed by atoms with E-state index in [9.17, 15) is 4.79 Å². The minimum Gasteiger partial charge on any atom is -0.465 e. The Hall–Kier alpha value is -3.14. The molecule has 1 heterocycles. The van der Waals surface area contributed by atoms with Crippen molar-refractivity contribution in [2.24, 2.45) is 0 Å². The molecule has 0 aliphatic heterocycles. The molecule has 0 unspecified atom stereocenters. The van der Waals surface area contributed by atoms with Crippen LogP contribution in [0.1, 0.15) is 10.4 Å². The van der Waals surface area contributed by atoms with E-state index in [0.717, 1.165) is 21.9 Å². The van der Waals surface area contributed by atoms with Gasteiger partial charge in [-0.15, -0.1) is 0 Å². The van der Waals surface area contributed by atoms with Gasteiger partial charge in [0, 0.05) is 5.39 Å². The highest BCUT2D eigenvalue weighted by atomic mass is 16.5. The van der Waals surface area contributed by atoms with E-state index in [-0.39, 0.29) is 0 Å². The summed E-state index contributed by atoms with van der Waals surface area (Å²) in [6.07, 6.45) is 0. The van der Waals surface area contributed by atoms with Crippen LogP contribution in [0.4, 0.5) is 0 Å². The van der Waals surface area contributed by atoms with Crippen LogP contribution in [-0.4, -0.2) is 18.1 Å². The number of carbonyl (C=O) groups excluding carboxylic acids is 1. The Balaban J connectivity index is 1.97. The second-order valence-corrected chi connectivity index (χ2v) is 5.19. The Morgan fingerprint density at radius 1 is 1.00 bits per heavy atom. The highest BCUT2D eigenvalue weighted by Crippen LogP contribution is 2.31. The lowest BCUT2D eigenvalue weighted by Gasteiger charge is -2.03. The van der Waals surface area contributed by atoms with Crippen molar-refractivity contribution >= 4 is 27.8 Å². The minimum absolute atomic E-state index is 0.410. The maximum absolute atomic E-state index is 11.9. The zero-order valence-corrected chi connectivity index (χ0v) is 12.4. The first kappa shape index (κ1) is 13.5. The van der Waals surface area contributed by atoms with Crippen LogP contribution < -0.4 is 0 Å². The van der Waals surface area contributed by atoms with Gasteiger partial charge >= 0.3 is 5.97 Å². The van der Waals surface area contributed by atoms with Gasteiger partial charge < -0.3 is 9.15 Å². The number of hydrogen-bond acceptors (Lipinski definition) is 4. The maximum atomic E-state index is 11.9. The molecule has 23 heavy (non-hydrogen) atoms. The number of aromatic nitrogens is 1. The van der Waals surface area contributed by atoms with Gasteiger partial charge in [0.15, 0.2) is 5.58 Å². The third-order valence-corrected chi connectivity index (χ3v) is 3.84. The predicted molar refractivity (Wildman–Crippen MR) is 88.3 cm³/mol. The fourth-order valence-corrected chi connectivity index (χ4v) is 2.73. The molecule has 4 nitrogen and oxygen atoms in total. The molecule has 1 aromatic heterocycles. The summed E-state index contributed by atoms with van der Waals surface area (Å²) in [7, 11) is 1.36. The van der Waals surface area contributed by atoms with E-state index in [1.807, 2.05) is 42.5 Å². The van der Waals surface area contributed by atoms with Crippen LogP contribution in [0, 0.1) is 0 Å². The summed E-state index contributed by atoms with van der Waals surface area (Å²) in [4.78, 5) is 16.5. The van der Waals surface area contributed by atoms with E-state index in [0.29, 0.717) is 17.0 Å². The summed E-state index contributed by atoms with van der Waals surface area (Å²) < 4.78 is 10.8. The number of hydrogen-bond donors (Lipinski definition) is 0. The van der Waals surface area contributed by atoms with E-state index in [4.69, 9.17) is 9.15 Å². The van der Waals surface area contributed by atoms with Crippen molar-refractivity contribution in [2.75, 3.05) is 7.11 Å². The van der Waals surface area contributed by atoms with Crippen molar-refractivity contribution in [1.29, 1.82) is 0 Å². The molecular formula is C19H13NO3. The molecule has 0 fully saturated rings. The van der Waals surface area contributed by atoms with Gasteiger partial charge in [-0.05, 0) is 23.6 Å². The lowest BCUT2D eigenvalue weighted by Crippen LogP contribution is -2.03. The Morgan fingerprint density at radius 3 is 2.65 bits per heavy atom. The number of fused-ring (bicyclic) bond motifs is 3. The van der Waals surface area contributed by atoms with Crippen LogP contribution in [0.15, 0.2) is 65.1 Å². The first-order valence-corrected chi connectivity index (χ1v) is 7.24. The number of methoxy groups -OCH3 is 1. The Kier molecular flexibility index (Phi) is 3.08. The predicted octanol–water partition coefficient (Wildman–Crippen LogP) is 4.43. The van der Waals surface area contributed by atoms with Gasteiger partial charge in [0.25, 0.3) is 0 Å². The van der Waals surface area contributed by atoms with Crippen LogP contribution in [0.25, 0.3) is 33.3 Å². The second kappa shape index (κ2) is 5.25. The van der Waals surface area contributed by atoms with E-state index in [1.165, 1.54) is 7.11 Å². The zero-order chi connectivity index (χ0) is 15.8. The summed E-state index contributed by atoms with van der Waals surface area (Å²) in [5.41, 5.74) is 2.54. The van der Waals surface area contributed by atoms with Gasteiger partial charge in [0.2, 0.25) is 5.89 Å². The number of benzene rings is 3. The lowest BCUT2D eigenvalue weighted by atomic mass is 10.1. The summed E-state index contributed by atoms with van der Waals surface area (Å²) in [5.74, 6) is 0.00469. The maximum Gasteiger partial charge on any atom is 0.338 e. The normalized spacial score (nSPS) is 11.0. The van der Waals surface area contributed by atoms with Gasteiger partial charge in [0.05, 0.1) is 18.2 Å². The molecule has 0 bridgehead atoms. The van der Waals surface area contributed by atoms with Gasteiger partial charge in [-0.3, -0.25) is 0 Å². The van der Waals surface area contributed by atoms with Crippen LogP contribution in [0.5, 0.6) is 0 Å². The SMILES string of the molecule is COC(=O)c1ccccc1-c1nc2ccc3ccccc3c2o1. The van der Waals surface area contributed by atoms with Crippen LogP contribution in [-0.2, 0) is 4.74 Å². The number of rotatable bonds is 2. The van der Waals surface area contributed by atoms with Crippen molar-refractivity contribution < 1.29 is 13.9 Å². The molecular weight excluding hydrogens is 290 g/mol. The molecule has 4 aromatic rings. The smallest absolute Gasteiger partial charge is 0.338 e. The number of oxazole rings is 1. The molecule has 0 N–H and O–H groups in total. The van der Waals surface area contributed by atoms with Crippen LogP contribution in [0.3, 0.4) is 0 Å². The van der Waals surface area contributed by atoms with Gasteiger partial charge in [-0.2, -0.15) is 0 Å². The number of ether oxygens (including phenoxy) is 1. The van der Waals surface area contributed by atoms with E-state index < -0.39 is 5.97 Å². The number of esters is 1. The highest BCUT2D eigenvalue weighted by molar-refractivity contribution is 6.04. The molecule has 0 amide bonds. The fraction of sp³-hybridized carbons (Fsp3) is 0.0526. The first-order chi connectivity index (χ1) is 11.3. The molecule has 0 atom stereocenters. The van der Waals surface area contributed by atoms with Crippen molar-refractivity contribution in [2.45, 2.75) is 0 Å². The minimum atomic E-state index is -0.410. The number of nitrogens with zero attached hydrogens (tertiary/aromatic N) is 1. The molecule has 0 radical (unpaired) electrons. The van der Waals surface area contributed by atoms with Crippen LogP contribution >= 0.6 is 0 Å². The molecule has 112 valence electrons. The van der Waals surface area contributed by atoms with Crippen molar-refractivity contribution in [3.63, 3.8) is 0 Å². The quantitative estimate of drug-likeness (QED) is 0.514. The van der Waals surface area contributed by atoms with Crippen molar-refractivity contribution in [3.8, 4) is 11.5 Å². The lowest BCUT2D eigenvalue weighted by molar-refractivity contribution is 0.0601. The molecule has 0 aliphatic carbocycles. The molecule has 0 saturated heterocycles. The van der Waals surface area contributed by atoms with E-state index in [1.54, 1.807) is 18.2 Å². The Labute approximate surface area is 132 Å². The molecule has 0 spiro atoms. The molecule has 3 aromatic carbocycles. The van der Waals surface area contributed by atoms with E-state index >= 15 is 0 Å². The molecule has 4 heteroatoms. The molecule has 0 aliphatic rings. The standard InChI is InChI=1S/C19H13NO3/c1-22-19(21)15-9-5-4-8-14(15)18-20-16-11-10-12-6-2-3-7-13(12)17(16)23-18/h2-11H,1H3. The monoisotopic (exact) mass is 303 g/mol. The van der Waals surface area contributed by atoms with Gasteiger partial charge in [-0.1, -0.05) is 42.5 Å². The average molecular weight is 303 g/mol. The third-order valence-electron chi connectivity index (χ3n) is 3.84. The second-order valence-electron chi connectivity index (χ2n) is 5.19. The molecule has 4 rings (SSSR count). The summed E-state index contributed by atoms with van der Waals surface area (Å²) in [6.45, 7) is 0. The fourth-order valence-electron chi connectivity index (χ4n) is 2.73. The first-order valence-electron chi connectivity index (χ1n) is 7.24. The zero-order valence-electron chi connectivity index (χ0n) is 12.4. The summed E-state index contributed by atoms with van der Waals surface area (Å²) in [6, 6.07) is 19.0. The largest absolute Gasteiger partial charge is 0.465 e. The van der Waals surface area contributed by atoms with Crippen molar-refractivity contribution in [1.82, 2.24) is 4.98 Å². The average Bonchev–Trinajstić information content (AvgIpc) is 3.05. The third kappa shape index (κ3) is 2.16. The highest BCUT2D eigenvalue weighted by Gasteiger charge is 2.18.